The number of hydrogen-bond acceptors (Lipinski definition) is 8. The van der Waals surface area contributed by atoms with Crippen LogP contribution in [0.5, 0.6) is 23.0 Å². The first kappa shape index (κ1) is 55.9. The third-order valence-corrected chi connectivity index (χ3v) is 14.3. The Kier molecular flexibility index (Phi) is 16.3. The average molecular weight is 1040 g/mol. The summed E-state index contributed by atoms with van der Waals surface area (Å²) in [6.07, 6.45) is 6.88. The first-order valence-corrected chi connectivity index (χ1v) is 26.7. The van der Waals surface area contributed by atoms with Gasteiger partial charge in [0, 0.05) is 58.9 Å². The highest BCUT2D eigenvalue weighted by atomic mass is 16.3. The van der Waals surface area contributed by atoms with Crippen LogP contribution in [0.1, 0.15) is 162 Å². The van der Waals surface area contributed by atoms with Gasteiger partial charge >= 0.3 is 0 Å². The zero-order chi connectivity index (χ0) is 56.2. The molecule has 8 nitrogen and oxygen atoms in total. The van der Waals surface area contributed by atoms with E-state index >= 15 is 0 Å². The van der Waals surface area contributed by atoms with E-state index in [-0.39, 0.29) is 56.5 Å². The number of phenols is 4. The topological polar surface area (TPSA) is 130 Å². The number of nitrogens with zero attached hydrogens (tertiary/aromatic N) is 4. The second-order valence-corrected chi connectivity index (χ2v) is 24.3. The standard InChI is InChI=1S/C70H74N4O4/c1-67(2,3)57-21-13-17-49(63(57)75)41-71-53-33-25-45(26-34-53)61(46-27-35-54(36-28-46)72-42-50-18-14-22-58(64(50)76)68(4,5)6)62(47-29-37-55(38-30-47)73-43-51-19-15-23-59(65(51)77)69(7,8)9)48-31-39-56(40-32-48)74-44-52-20-16-24-60(66(52)78)70(10,11)12/h13-44,61-62,75-78H,1-12H3/b71-41+,72-42+,73-43+,74-44+. The summed E-state index contributed by atoms with van der Waals surface area (Å²) in [5.74, 6) is 0.435. The second kappa shape index (κ2) is 22.7. The minimum Gasteiger partial charge on any atom is -0.507 e. The van der Waals surface area contributed by atoms with Crippen LogP contribution in [0.3, 0.4) is 0 Å². The van der Waals surface area contributed by atoms with Gasteiger partial charge < -0.3 is 20.4 Å². The lowest BCUT2D eigenvalue weighted by Crippen LogP contribution is -2.14. The van der Waals surface area contributed by atoms with Gasteiger partial charge in [0.25, 0.3) is 0 Å². The van der Waals surface area contributed by atoms with E-state index in [4.69, 9.17) is 20.0 Å². The minimum absolute atomic E-state index is 0.227. The number of aromatic hydroxyl groups is 4. The fourth-order valence-corrected chi connectivity index (χ4v) is 9.88. The quantitative estimate of drug-likeness (QED) is 0.0857. The molecule has 0 unspecified atom stereocenters. The fourth-order valence-electron chi connectivity index (χ4n) is 9.88. The molecule has 0 radical (unpaired) electrons. The Labute approximate surface area is 462 Å². The molecule has 0 aliphatic heterocycles. The van der Waals surface area contributed by atoms with Crippen molar-refractivity contribution in [2.24, 2.45) is 20.0 Å². The van der Waals surface area contributed by atoms with Crippen molar-refractivity contribution < 1.29 is 20.4 Å². The largest absolute Gasteiger partial charge is 0.507 e. The zero-order valence-corrected chi connectivity index (χ0v) is 47.2. The SMILES string of the molecule is CC(C)(C)c1cccc(/C=N/c2ccc(C(c3ccc(/N=C/c4cccc(C(C)(C)C)c4O)cc3)C(c3ccc(/N=C/c4cccc(C(C)(C)C)c4O)cc3)c3ccc(/N=C/c4cccc(C(C)(C)C)c4O)cc3)cc2)c1O. The summed E-state index contributed by atoms with van der Waals surface area (Å²) in [5, 5.41) is 44.9. The highest BCUT2D eigenvalue weighted by Crippen LogP contribution is 2.45. The van der Waals surface area contributed by atoms with Gasteiger partial charge in [0.2, 0.25) is 0 Å². The number of hydrogen-bond donors (Lipinski definition) is 4. The van der Waals surface area contributed by atoms with E-state index in [1.54, 1.807) is 24.9 Å². The lowest BCUT2D eigenvalue weighted by molar-refractivity contribution is 0.445. The summed E-state index contributed by atoms with van der Waals surface area (Å²) in [5.41, 5.74) is 12.2. The molecule has 8 heteroatoms. The first-order valence-electron chi connectivity index (χ1n) is 26.7. The van der Waals surface area contributed by atoms with Crippen LogP contribution in [-0.2, 0) is 21.7 Å². The van der Waals surface area contributed by atoms with Crippen molar-refractivity contribution in [2.45, 2.75) is 117 Å². The van der Waals surface area contributed by atoms with Gasteiger partial charge in [0.15, 0.2) is 0 Å². The van der Waals surface area contributed by atoms with Crippen LogP contribution in [0.15, 0.2) is 190 Å². The maximum Gasteiger partial charge on any atom is 0.128 e. The molecule has 0 amide bonds. The molecular formula is C70H74N4O4. The molecular weight excluding hydrogens is 961 g/mol. The number of aliphatic imine (C=N–C) groups is 4. The monoisotopic (exact) mass is 1030 g/mol. The Morgan fingerprint density at radius 1 is 0.269 bits per heavy atom. The molecule has 4 N–H and O–H groups in total. The molecule has 0 aliphatic carbocycles. The van der Waals surface area contributed by atoms with E-state index in [9.17, 15) is 20.4 Å². The van der Waals surface area contributed by atoms with Crippen LogP contribution in [0.4, 0.5) is 22.7 Å². The average Bonchev–Trinajstić information content (AvgIpc) is 3.43. The molecule has 0 fully saturated rings. The summed E-state index contributed by atoms with van der Waals surface area (Å²) in [4.78, 5) is 19.4. The highest BCUT2D eigenvalue weighted by Gasteiger charge is 2.29. The number of phenolic OH excluding ortho intramolecular Hbond substituents is 4. The van der Waals surface area contributed by atoms with E-state index in [0.29, 0.717) is 22.3 Å². The number of benzene rings is 8. The molecule has 398 valence electrons. The molecule has 0 bridgehead atoms. The van der Waals surface area contributed by atoms with E-state index in [0.717, 1.165) is 67.3 Å². The van der Waals surface area contributed by atoms with Gasteiger partial charge in [-0.05, 0) is 139 Å². The first-order chi connectivity index (χ1) is 36.9. The Hall–Kier alpha value is -8.36. The number of para-hydroxylation sites is 4. The van der Waals surface area contributed by atoms with Crippen LogP contribution in [0, 0.1) is 0 Å². The van der Waals surface area contributed by atoms with Gasteiger partial charge in [0.1, 0.15) is 23.0 Å². The molecule has 78 heavy (non-hydrogen) atoms. The predicted molar refractivity (Wildman–Crippen MR) is 326 cm³/mol. The van der Waals surface area contributed by atoms with Crippen LogP contribution in [-0.4, -0.2) is 45.3 Å². The normalized spacial score (nSPS) is 12.8. The Morgan fingerprint density at radius 3 is 0.615 bits per heavy atom. The van der Waals surface area contributed by atoms with Gasteiger partial charge in [-0.1, -0.05) is 180 Å². The Morgan fingerprint density at radius 2 is 0.449 bits per heavy atom. The summed E-state index contributed by atoms with van der Waals surface area (Å²) in [6, 6.07) is 56.2. The fraction of sp³-hybridized carbons (Fsp3) is 0.257. The summed E-state index contributed by atoms with van der Waals surface area (Å²) >= 11 is 0. The smallest absolute Gasteiger partial charge is 0.128 e. The maximum absolute atomic E-state index is 11.2. The van der Waals surface area contributed by atoms with Crippen molar-refractivity contribution >= 4 is 47.6 Å². The van der Waals surface area contributed by atoms with Crippen LogP contribution < -0.4 is 0 Å². The maximum atomic E-state index is 11.2. The second-order valence-electron chi connectivity index (χ2n) is 24.3. The van der Waals surface area contributed by atoms with E-state index < -0.39 is 0 Å². The lowest BCUT2D eigenvalue weighted by Gasteiger charge is -2.30. The lowest BCUT2D eigenvalue weighted by atomic mass is 9.73. The molecule has 0 saturated carbocycles. The Bertz CT molecular complexity index is 3040. The van der Waals surface area contributed by atoms with Crippen LogP contribution in [0.2, 0.25) is 0 Å². The molecule has 0 aliphatic rings. The van der Waals surface area contributed by atoms with Crippen molar-refractivity contribution in [2.75, 3.05) is 0 Å². The van der Waals surface area contributed by atoms with Crippen molar-refractivity contribution in [1.82, 2.24) is 0 Å². The molecule has 0 spiro atoms. The Balaban J connectivity index is 1.22. The molecule has 0 aromatic heterocycles. The van der Waals surface area contributed by atoms with Crippen LogP contribution >= 0.6 is 0 Å². The zero-order valence-electron chi connectivity index (χ0n) is 47.2. The third-order valence-electron chi connectivity index (χ3n) is 14.3. The minimum atomic E-state index is -0.237. The highest BCUT2D eigenvalue weighted by molar-refractivity contribution is 5.88. The molecule has 0 saturated heterocycles. The molecule has 8 aromatic rings. The van der Waals surface area contributed by atoms with Crippen molar-refractivity contribution in [3.63, 3.8) is 0 Å². The molecule has 0 heterocycles. The molecule has 8 aromatic carbocycles. The van der Waals surface area contributed by atoms with E-state index in [1.807, 2.05) is 121 Å². The van der Waals surface area contributed by atoms with Crippen molar-refractivity contribution in [1.29, 1.82) is 0 Å². The van der Waals surface area contributed by atoms with Gasteiger partial charge in [0.05, 0.1) is 22.7 Å². The van der Waals surface area contributed by atoms with Gasteiger partial charge in [-0.25, -0.2) is 0 Å². The summed E-state index contributed by atoms with van der Waals surface area (Å²) < 4.78 is 0. The van der Waals surface area contributed by atoms with E-state index in [1.165, 1.54) is 0 Å². The molecule has 0 atom stereocenters. The van der Waals surface area contributed by atoms with Gasteiger partial charge in [-0.15, -0.1) is 0 Å². The van der Waals surface area contributed by atoms with Crippen LogP contribution in [0.25, 0.3) is 0 Å². The number of rotatable bonds is 13. The van der Waals surface area contributed by atoms with Crippen molar-refractivity contribution in [3.8, 4) is 23.0 Å². The summed E-state index contributed by atoms with van der Waals surface area (Å²) in [6.45, 7) is 25.0. The van der Waals surface area contributed by atoms with Crippen molar-refractivity contribution in [3.05, 3.63) is 237 Å². The summed E-state index contributed by atoms with van der Waals surface area (Å²) in [7, 11) is 0. The molecule has 8 rings (SSSR count). The van der Waals surface area contributed by atoms with E-state index in [2.05, 4.69) is 132 Å². The van der Waals surface area contributed by atoms with Gasteiger partial charge in [-0.3, -0.25) is 20.0 Å². The predicted octanol–water partition coefficient (Wildman–Crippen LogP) is 17.7. The van der Waals surface area contributed by atoms with Gasteiger partial charge in [-0.2, -0.15) is 0 Å². The third kappa shape index (κ3) is 13.1.